The zero-order chi connectivity index (χ0) is 18.0. The fraction of sp³-hybridized carbons (Fsp3) is 0.167. The molecule has 1 heterocycles. The molecule has 0 spiro atoms. The minimum Gasteiger partial charge on any atom is -0.465 e. The molecular formula is C18H16N2O4S. The summed E-state index contributed by atoms with van der Waals surface area (Å²) in [6, 6.07) is 13.4. The number of imide groups is 1. The van der Waals surface area contributed by atoms with E-state index in [1.54, 1.807) is 24.3 Å². The van der Waals surface area contributed by atoms with Crippen LogP contribution in [0.25, 0.3) is 0 Å². The van der Waals surface area contributed by atoms with Gasteiger partial charge in [-0.05, 0) is 42.5 Å². The molecule has 6 nitrogen and oxygen atoms in total. The Morgan fingerprint density at radius 2 is 1.92 bits per heavy atom. The normalized spacial score (nSPS) is 17.0. The van der Waals surface area contributed by atoms with Crippen LogP contribution in [-0.4, -0.2) is 30.1 Å². The Hall–Kier alpha value is -2.80. The number of amides is 2. The molecule has 0 unspecified atom stereocenters. The van der Waals surface area contributed by atoms with Crippen LogP contribution in [0, 0.1) is 0 Å². The summed E-state index contributed by atoms with van der Waals surface area (Å²) in [4.78, 5) is 38.4. The number of anilines is 2. The number of carbonyl (C=O) groups is 3. The van der Waals surface area contributed by atoms with E-state index in [-0.39, 0.29) is 18.2 Å². The summed E-state index contributed by atoms with van der Waals surface area (Å²) in [5, 5.41) is -0.491. The molecule has 2 aromatic rings. The van der Waals surface area contributed by atoms with Gasteiger partial charge in [0.05, 0.1) is 23.6 Å². The van der Waals surface area contributed by atoms with Gasteiger partial charge in [0.2, 0.25) is 11.8 Å². The second-order valence-corrected chi connectivity index (χ2v) is 6.77. The number of hydrogen-bond acceptors (Lipinski definition) is 6. The van der Waals surface area contributed by atoms with Gasteiger partial charge < -0.3 is 10.5 Å². The molecule has 7 heteroatoms. The quantitative estimate of drug-likeness (QED) is 0.514. The van der Waals surface area contributed by atoms with Crippen molar-refractivity contribution in [2.45, 2.75) is 16.6 Å². The summed E-state index contributed by atoms with van der Waals surface area (Å²) >= 11 is 1.32. The Morgan fingerprint density at radius 3 is 2.56 bits per heavy atom. The van der Waals surface area contributed by atoms with Crippen LogP contribution in [-0.2, 0) is 14.3 Å². The van der Waals surface area contributed by atoms with Crippen molar-refractivity contribution in [3.63, 3.8) is 0 Å². The maximum absolute atomic E-state index is 12.6. The Balaban J connectivity index is 1.78. The van der Waals surface area contributed by atoms with E-state index in [1.165, 1.54) is 31.0 Å². The van der Waals surface area contributed by atoms with Crippen LogP contribution >= 0.6 is 11.8 Å². The Labute approximate surface area is 148 Å². The standard InChI is InChI=1S/C18H16N2O4S/c1-24-18(23)11-5-7-13(8-6-11)20-16(21)10-15(17(20)22)25-14-4-2-3-12(19)9-14/h2-9,15H,10,19H2,1H3/t15-/m1/s1. The average Bonchev–Trinajstić information content (AvgIpc) is 2.88. The number of benzene rings is 2. The molecule has 1 fully saturated rings. The zero-order valence-corrected chi connectivity index (χ0v) is 14.3. The van der Waals surface area contributed by atoms with E-state index in [0.717, 1.165) is 9.80 Å². The lowest BCUT2D eigenvalue weighted by Gasteiger charge is -2.15. The van der Waals surface area contributed by atoms with Crippen LogP contribution in [0.5, 0.6) is 0 Å². The molecule has 25 heavy (non-hydrogen) atoms. The lowest BCUT2D eigenvalue weighted by atomic mass is 10.2. The Kier molecular flexibility index (Phi) is 4.76. The second-order valence-electron chi connectivity index (χ2n) is 5.49. The first-order valence-electron chi connectivity index (χ1n) is 7.57. The van der Waals surface area contributed by atoms with Crippen molar-refractivity contribution in [1.82, 2.24) is 0 Å². The van der Waals surface area contributed by atoms with Crippen molar-refractivity contribution in [2.24, 2.45) is 0 Å². The molecule has 128 valence electrons. The van der Waals surface area contributed by atoms with E-state index in [4.69, 9.17) is 5.73 Å². The van der Waals surface area contributed by atoms with Crippen LogP contribution in [0.1, 0.15) is 16.8 Å². The third kappa shape index (κ3) is 3.51. The summed E-state index contributed by atoms with van der Waals surface area (Å²) in [6.45, 7) is 0. The molecule has 0 saturated carbocycles. The van der Waals surface area contributed by atoms with Gasteiger partial charge in [-0.25, -0.2) is 9.69 Å². The van der Waals surface area contributed by atoms with Crippen LogP contribution in [0.2, 0.25) is 0 Å². The van der Waals surface area contributed by atoms with E-state index in [9.17, 15) is 14.4 Å². The molecular weight excluding hydrogens is 340 g/mol. The topological polar surface area (TPSA) is 89.7 Å². The molecule has 1 atom stereocenters. The molecule has 2 amide bonds. The second kappa shape index (κ2) is 6.98. The molecule has 2 aromatic carbocycles. The van der Waals surface area contributed by atoms with Gasteiger partial charge in [-0.1, -0.05) is 6.07 Å². The zero-order valence-electron chi connectivity index (χ0n) is 13.5. The Bertz CT molecular complexity index is 835. The largest absolute Gasteiger partial charge is 0.465 e. The minimum atomic E-state index is -0.491. The van der Waals surface area contributed by atoms with Gasteiger partial charge in [0.25, 0.3) is 0 Å². The monoisotopic (exact) mass is 356 g/mol. The number of ether oxygens (including phenoxy) is 1. The molecule has 1 aliphatic heterocycles. The highest BCUT2D eigenvalue weighted by molar-refractivity contribution is 8.00. The minimum absolute atomic E-state index is 0.122. The maximum Gasteiger partial charge on any atom is 0.337 e. The number of carbonyl (C=O) groups excluding carboxylic acids is 3. The van der Waals surface area contributed by atoms with Crippen molar-refractivity contribution in [1.29, 1.82) is 0 Å². The molecule has 0 radical (unpaired) electrons. The van der Waals surface area contributed by atoms with Gasteiger partial charge in [-0.3, -0.25) is 9.59 Å². The van der Waals surface area contributed by atoms with Crippen molar-refractivity contribution in [2.75, 3.05) is 17.7 Å². The van der Waals surface area contributed by atoms with Gasteiger partial charge in [0.1, 0.15) is 0 Å². The number of hydrogen-bond donors (Lipinski definition) is 1. The van der Waals surface area contributed by atoms with Crippen molar-refractivity contribution >= 4 is 40.9 Å². The smallest absolute Gasteiger partial charge is 0.337 e. The molecule has 2 N–H and O–H groups in total. The van der Waals surface area contributed by atoms with Crippen molar-refractivity contribution < 1.29 is 19.1 Å². The maximum atomic E-state index is 12.6. The van der Waals surface area contributed by atoms with E-state index in [2.05, 4.69) is 4.74 Å². The van der Waals surface area contributed by atoms with Crippen molar-refractivity contribution in [3.05, 3.63) is 54.1 Å². The van der Waals surface area contributed by atoms with Gasteiger partial charge in [0, 0.05) is 17.0 Å². The number of nitrogen functional groups attached to an aromatic ring is 1. The molecule has 1 aliphatic rings. The summed E-state index contributed by atoms with van der Waals surface area (Å²) in [6.07, 6.45) is 0.122. The lowest BCUT2D eigenvalue weighted by molar-refractivity contribution is -0.121. The van der Waals surface area contributed by atoms with Crippen LogP contribution < -0.4 is 10.6 Å². The fourth-order valence-corrected chi connectivity index (χ4v) is 3.71. The van der Waals surface area contributed by atoms with Gasteiger partial charge in [-0.15, -0.1) is 11.8 Å². The molecule has 0 bridgehead atoms. The van der Waals surface area contributed by atoms with Gasteiger partial charge in [0.15, 0.2) is 0 Å². The van der Waals surface area contributed by atoms with E-state index >= 15 is 0 Å². The number of esters is 1. The average molecular weight is 356 g/mol. The van der Waals surface area contributed by atoms with Crippen LogP contribution in [0.4, 0.5) is 11.4 Å². The highest BCUT2D eigenvalue weighted by Crippen LogP contribution is 2.34. The summed E-state index contributed by atoms with van der Waals surface area (Å²) < 4.78 is 4.64. The first-order valence-corrected chi connectivity index (χ1v) is 8.45. The highest BCUT2D eigenvalue weighted by atomic mass is 32.2. The highest BCUT2D eigenvalue weighted by Gasteiger charge is 2.40. The predicted octanol–water partition coefficient (Wildman–Crippen LogP) is 2.48. The summed E-state index contributed by atoms with van der Waals surface area (Å²) in [5.74, 6) is -1.01. The van der Waals surface area contributed by atoms with Gasteiger partial charge >= 0.3 is 5.97 Å². The summed E-state index contributed by atoms with van der Waals surface area (Å²) in [7, 11) is 1.29. The van der Waals surface area contributed by atoms with Crippen LogP contribution in [0.3, 0.4) is 0 Å². The first-order chi connectivity index (χ1) is 12.0. The molecule has 1 saturated heterocycles. The van der Waals surface area contributed by atoms with E-state index < -0.39 is 11.2 Å². The number of thioether (sulfide) groups is 1. The first kappa shape index (κ1) is 17.0. The van der Waals surface area contributed by atoms with E-state index in [1.807, 2.05) is 12.1 Å². The molecule has 3 rings (SSSR count). The lowest BCUT2D eigenvalue weighted by Crippen LogP contribution is -2.31. The van der Waals surface area contributed by atoms with Gasteiger partial charge in [-0.2, -0.15) is 0 Å². The van der Waals surface area contributed by atoms with Crippen LogP contribution in [0.15, 0.2) is 53.4 Å². The number of methoxy groups -OCH3 is 1. The third-order valence-electron chi connectivity index (χ3n) is 3.79. The molecule has 0 aromatic heterocycles. The number of nitrogens with zero attached hydrogens (tertiary/aromatic N) is 1. The number of rotatable bonds is 4. The Morgan fingerprint density at radius 1 is 1.20 bits per heavy atom. The van der Waals surface area contributed by atoms with Crippen molar-refractivity contribution in [3.8, 4) is 0 Å². The fourth-order valence-electron chi connectivity index (χ4n) is 2.58. The SMILES string of the molecule is COC(=O)c1ccc(N2C(=O)C[C@@H](Sc3cccc(N)c3)C2=O)cc1. The summed E-state index contributed by atoms with van der Waals surface area (Å²) in [5.41, 5.74) is 7.16. The molecule has 0 aliphatic carbocycles. The number of nitrogens with two attached hydrogens (primary N) is 1. The third-order valence-corrected chi connectivity index (χ3v) is 4.97. The van der Waals surface area contributed by atoms with E-state index in [0.29, 0.717) is 16.9 Å². The predicted molar refractivity (Wildman–Crippen MR) is 95.4 cm³/mol.